The van der Waals surface area contributed by atoms with Crippen LogP contribution in [0.1, 0.15) is 53.4 Å². The highest BCUT2D eigenvalue weighted by atomic mass is 16.6. The molecule has 6 heteroatoms. The maximum atomic E-state index is 12.3. The molecule has 1 aliphatic heterocycles. The number of rotatable bonds is 4. The van der Waals surface area contributed by atoms with Crippen molar-refractivity contribution in [1.82, 2.24) is 10.6 Å². The Morgan fingerprint density at radius 3 is 2.70 bits per heavy atom. The van der Waals surface area contributed by atoms with E-state index >= 15 is 0 Å². The Balaban J connectivity index is 2.11. The first-order valence-corrected chi connectivity index (χ1v) is 8.44. The number of ether oxygens (including phenoxy) is 2. The van der Waals surface area contributed by atoms with Crippen LogP contribution in [0.15, 0.2) is 11.8 Å². The van der Waals surface area contributed by atoms with Crippen LogP contribution in [0.5, 0.6) is 0 Å². The van der Waals surface area contributed by atoms with Crippen LogP contribution < -0.4 is 10.6 Å². The molecule has 0 aromatic heterocycles. The number of fused-ring (bicyclic) bond motifs is 1. The van der Waals surface area contributed by atoms with E-state index in [2.05, 4.69) is 10.6 Å². The van der Waals surface area contributed by atoms with E-state index in [-0.39, 0.29) is 12.5 Å². The summed E-state index contributed by atoms with van der Waals surface area (Å²) in [6.45, 7) is 7.41. The molecule has 1 aliphatic carbocycles. The Hall–Kier alpha value is -1.72. The van der Waals surface area contributed by atoms with Gasteiger partial charge >= 0.3 is 12.1 Å². The van der Waals surface area contributed by atoms with Crippen LogP contribution in [0.4, 0.5) is 4.79 Å². The van der Waals surface area contributed by atoms with Gasteiger partial charge in [0, 0.05) is 12.0 Å². The highest BCUT2D eigenvalue weighted by molar-refractivity contribution is 5.85. The van der Waals surface area contributed by atoms with Crippen LogP contribution in [0, 0.1) is 5.92 Å². The lowest BCUT2D eigenvalue weighted by molar-refractivity contribution is -0.144. The summed E-state index contributed by atoms with van der Waals surface area (Å²) < 4.78 is 10.4. The molecule has 1 fully saturated rings. The molecule has 1 saturated carbocycles. The van der Waals surface area contributed by atoms with Crippen LogP contribution in [0.3, 0.4) is 0 Å². The lowest BCUT2D eigenvalue weighted by Crippen LogP contribution is -2.47. The van der Waals surface area contributed by atoms with Crippen LogP contribution in [-0.4, -0.2) is 36.4 Å². The fourth-order valence-corrected chi connectivity index (χ4v) is 3.27. The number of hydrogen-bond donors (Lipinski definition) is 2. The van der Waals surface area contributed by atoms with Gasteiger partial charge in [0.2, 0.25) is 0 Å². The van der Waals surface area contributed by atoms with Crippen molar-refractivity contribution in [2.45, 2.75) is 71.1 Å². The van der Waals surface area contributed by atoms with Gasteiger partial charge < -0.3 is 20.1 Å². The first-order chi connectivity index (χ1) is 10.8. The molecule has 0 aromatic rings. The maximum Gasteiger partial charge on any atom is 0.408 e. The van der Waals surface area contributed by atoms with Crippen molar-refractivity contribution in [3.05, 3.63) is 11.8 Å². The Morgan fingerprint density at radius 1 is 1.35 bits per heavy atom. The monoisotopic (exact) mass is 324 g/mol. The van der Waals surface area contributed by atoms with Crippen molar-refractivity contribution < 1.29 is 19.1 Å². The summed E-state index contributed by atoms with van der Waals surface area (Å²) in [7, 11) is 0. The van der Waals surface area contributed by atoms with Crippen LogP contribution in [0.25, 0.3) is 0 Å². The zero-order valence-corrected chi connectivity index (χ0v) is 14.5. The summed E-state index contributed by atoms with van der Waals surface area (Å²) in [5.41, 5.74) is 0.290. The van der Waals surface area contributed by atoms with Gasteiger partial charge in [-0.3, -0.25) is 0 Å². The van der Waals surface area contributed by atoms with Gasteiger partial charge in [-0.25, -0.2) is 9.59 Å². The molecule has 0 radical (unpaired) electrons. The Bertz CT molecular complexity index is 481. The van der Waals surface area contributed by atoms with Gasteiger partial charge in [-0.05, 0) is 52.3 Å². The van der Waals surface area contributed by atoms with Gasteiger partial charge in [0.1, 0.15) is 5.60 Å². The van der Waals surface area contributed by atoms with Gasteiger partial charge in [-0.1, -0.05) is 12.8 Å². The van der Waals surface area contributed by atoms with Gasteiger partial charge in [0.05, 0.1) is 6.61 Å². The topological polar surface area (TPSA) is 76.7 Å². The van der Waals surface area contributed by atoms with Crippen molar-refractivity contribution in [2.75, 3.05) is 6.61 Å². The largest absolute Gasteiger partial charge is 0.464 e. The number of carbonyl (C=O) groups is 2. The van der Waals surface area contributed by atoms with Crippen molar-refractivity contribution in [3.63, 3.8) is 0 Å². The molecular formula is C17H28N2O4. The second-order valence-electron chi connectivity index (χ2n) is 7.14. The number of esters is 1. The highest BCUT2D eigenvalue weighted by Gasteiger charge is 2.39. The number of hydrogen-bond acceptors (Lipinski definition) is 5. The van der Waals surface area contributed by atoms with Crippen molar-refractivity contribution >= 4 is 12.1 Å². The second-order valence-corrected chi connectivity index (χ2v) is 7.14. The summed E-state index contributed by atoms with van der Waals surface area (Å²) >= 11 is 0. The molecular weight excluding hydrogens is 296 g/mol. The lowest BCUT2D eigenvalue weighted by Gasteiger charge is -2.30. The highest BCUT2D eigenvalue weighted by Crippen LogP contribution is 2.35. The van der Waals surface area contributed by atoms with Crippen LogP contribution in [-0.2, 0) is 14.3 Å². The summed E-state index contributed by atoms with van der Waals surface area (Å²) in [6.07, 6.45) is 5.72. The van der Waals surface area contributed by atoms with E-state index in [1.807, 2.05) is 6.20 Å². The molecule has 0 bridgehead atoms. The normalized spacial score (nSPS) is 24.8. The smallest absolute Gasteiger partial charge is 0.408 e. The Kier molecular flexibility index (Phi) is 5.55. The first-order valence-electron chi connectivity index (χ1n) is 8.44. The van der Waals surface area contributed by atoms with E-state index in [1.54, 1.807) is 27.7 Å². The van der Waals surface area contributed by atoms with E-state index in [9.17, 15) is 9.59 Å². The van der Waals surface area contributed by atoms with Gasteiger partial charge in [-0.15, -0.1) is 0 Å². The maximum absolute atomic E-state index is 12.3. The van der Waals surface area contributed by atoms with Crippen molar-refractivity contribution in [2.24, 2.45) is 5.92 Å². The third kappa shape index (κ3) is 4.62. The summed E-state index contributed by atoms with van der Waals surface area (Å²) in [5, 5.41) is 6.03. The number of alkyl carbamates (subject to hydrolysis) is 1. The Morgan fingerprint density at radius 2 is 2.04 bits per heavy atom. The summed E-state index contributed by atoms with van der Waals surface area (Å²) in [6, 6.07) is -0.429. The molecule has 1 heterocycles. The average molecular weight is 324 g/mol. The molecule has 0 saturated heterocycles. The lowest BCUT2D eigenvalue weighted by atomic mass is 9.80. The molecule has 2 aliphatic rings. The zero-order chi connectivity index (χ0) is 17.0. The SMILES string of the molecule is CCOC(=O)[C@@H](NC(=O)OC(C)(C)C)C1=CN[C@H]2CCCC[C@@H]12. The van der Waals surface area contributed by atoms with E-state index in [0.29, 0.717) is 6.04 Å². The number of carbonyl (C=O) groups excluding carboxylic acids is 2. The standard InChI is InChI=1S/C17H28N2O4/c1-5-22-15(20)14(19-16(21)23-17(2,3)4)12-10-18-13-9-7-6-8-11(12)13/h10-11,13-14,18H,5-9H2,1-4H3,(H,19,21)/t11-,13-,14-/m0/s1. The predicted molar refractivity (Wildman–Crippen MR) is 86.8 cm³/mol. The fraction of sp³-hybridized carbons (Fsp3) is 0.765. The minimum Gasteiger partial charge on any atom is -0.464 e. The number of amides is 1. The molecule has 0 unspecified atom stereocenters. The molecule has 2 N–H and O–H groups in total. The molecule has 6 nitrogen and oxygen atoms in total. The molecule has 130 valence electrons. The Labute approximate surface area is 138 Å². The third-order valence-electron chi connectivity index (χ3n) is 4.17. The summed E-state index contributed by atoms with van der Waals surface area (Å²) in [5.74, 6) is -0.161. The van der Waals surface area contributed by atoms with Gasteiger partial charge in [0.25, 0.3) is 0 Å². The minimum atomic E-state index is -0.787. The van der Waals surface area contributed by atoms with Crippen LogP contribution in [0.2, 0.25) is 0 Å². The third-order valence-corrected chi connectivity index (χ3v) is 4.17. The number of nitrogens with one attached hydrogen (secondary N) is 2. The van der Waals surface area contributed by atoms with E-state index in [1.165, 1.54) is 6.42 Å². The van der Waals surface area contributed by atoms with E-state index < -0.39 is 23.7 Å². The molecule has 3 atom stereocenters. The van der Waals surface area contributed by atoms with E-state index in [4.69, 9.17) is 9.47 Å². The molecule has 23 heavy (non-hydrogen) atoms. The van der Waals surface area contributed by atoms with Crippen molar-refractivity contribution in [3.8, 4) is 0 Å². The summed E-state index contributed by atoms with van der Waals surface area (Å²) in [4.78, 5) is 24.5. The fourth-order valence-electron chi connectivity index (χ4n) is 3.27. The van der Waals surface area contributed by atoms with E-state index in [0.717, 1.165) is 24.8 Å². The average Bonchev–Trinajstić information content (AvgIpc) is 2.87. The quantitative estimate of drug-likeness (QED) is 0.777. The molecule has 1 amide bonds. The predicted octanol–water partition coefficient (Wildman–Crippen LogP) is 2.49. The first kappa shape index (κ1) is 17.6. The molecule has 0 spiro atoms. The molecule has 2 rings (SSSR count). The second kappa shape index (κ2) is 7.23. The van der Waals surface area contributed by atoms with Gasteiger partial charge in [0.15, 0.2) is 6.04 Å². The zero-order valence-electron chi connectivity index (χ0n) is 14.5. The molecule has 0 aromatic carbocycles. The van der Waals surface area contributed by atoms with Crippen LogP contribution >= 0.6 is 0 Å². The minimum absolute atomic E-state index is 0.271. The van der Waals surface area contributed by atoms with Crippen molar-refractivity contribution in [1.29, 1.82) is 0 Å². The van der Waals surface area contributed by atoms with Gasteiger partial charge in [-0.2, -0.15) is 0 Å².